The number of sulfonamides is 1. The Labute approximate surface area is 153 Å². The van der Waals surface area contributed by atoms with Gasteiger partial charge in [-0.3, -0.25) is 4.79 Å². The molecule has 0 unspecified atom stereocenters. The number of amides is 1. The van der Waals surface area contributed by atoms with Crippen LogP contribution in [0.15, 0.2) is 53.4 Å². The molecule has 0 spiro atoms. The summed E-state index contributed by atoms with van der Waals surface area (Å²) in [7, 11) is -3.57. The zero-order valence-electron chi connectivity index (χ0n) is 14.7. The second-order valence-corrected chi connectivity index (χ2v) is 8.22. The van der Waals surface area contributed by atoms with Crippen LogP contribution in [0.3, 0.4) is 0 Å². The van der Waals surface area contributed by atoms with Gasteiger partial charge in [0.2, 0.25) is 10.0 Å². The molecule has 7 heteroatoms. The Kier molecular flexibility index (Phi) is 5.29. The van der Waals surface area contributed by atoms with Gasteiger partial charge in [0.15, 0.2) is 0 Å². The molecule has 1 heterocycles. The number of rotatable bonds is 5. The fraction of sp³-hybridized carbons (Fsp3) is 0.316. The molecule has 0 aromatic heterocycles. The summed E-state index contributed by atoms with van der Waals surface area (Å²) < 4.78 is 32.4. The monoisotopic (exact) mass is 374 g/mol. The summed E-state index contributed by atoms with van der Waals surface area (Å²) in [5.41, 5.74) is 1.37. The summed E-state index contributed by atoms with van der Waals surface area (Å²) in [5.74, 6) is 0.540. The molecule has 0 saturated carbocycles. The lowest BCUT2D eigenvalue weighted by Gasteiger charge is -2.26. The first-order valence-electron chi connectivity index (χ1n) is 8.52. The van der Waals surface area contributed by atoms with Crippen molar-refractivity contribution >= 4 is 15.9 Å². The third kappa shape index (κ3) is 4.05. The molecule has 138 valence electrons. The minimum atomic E-state index is -3.57. The second kappa shape index (κ2) is 7.47. The quantitative estimate of drug-likeness (QED) is 0.843. The fourth-order valence-corrected chi connectivity index (χ4v) is 4.15. The molecule has 2 aromatic rings. The molecule has 2 aromatic carbocycles. The van der Waals surface area contributed by atoms with E-state index < -0.39 is 10.0 Å². The van der Waals surface area contributed by atoms with Gasteiger partial charge in [-0.1, -0.05) is 18.2 Å². The van der Waals surface area contributed by atoms with E-state index in [9.17, 15) is 13.2 Å². The lowest BCUT2D eigenvalue weighted by atomic mass is 10.00. The molecule has 0 saturated heterocycles. The normalized spacial score (nSPS) is 16.7. The maximum Gasteiger partial charge on any atom is 0.251 e. The number of carbonyl (C=O) groups is 1. The summed E-state index contributed by atoms with van der Waals surface area (Å²) in [6, 6.07) is 13.2. The topological polar surface area (TPSA) is 84.5 Å². The maximum absolute atomic E-state index is 12.5. The molecule has 2 N–H and O–H groups in total. The van der Waals surface area contributed by atoms with Crippen molar-refractivity contribution in [2.24, 2.45) is 0 Å². The van der Waals surface area contributed by atoms with Crippen molar-refractivity contribution in [3.05, 3.63) is 59.7 Å². The van der Waals surface area contributed by atoms with Crippen LogP contribution in [0.2, 0.25) is 0 Å². The SMILES string of the molecule is CC(C)NS(=O)(=O)c1ccc(C(=O)N[C@@H]2CCOc3ccccc32)cc1. The van der Waals surface area contributed by atoms with Crippen LogP contribution in [0.25, 0.3) is 0 Å². The highest BCUT2D eigenvalue weighted by Gasteiger charge is 2.23. The highest BCUT2D eigenvalue weighted by atomic mass is 32.2. The zero-order chi connectivity index (χ0) is 18.7. The first-order chi connectivity index (χ1) is 12.4. The number of nitrogens with one attached hydrogen (secondary N) is 2. The molecule has 3 rings (SSSR count). The van der Waals surface area contributed by atoms with Crippen LogP contribution < -0.4 is 14.8 Å². The van der Waals surface area contributed by atoms with Gasteiger partial charge in [-0.25, -0.2) is 13.1 Å². The number of hydrogen-bond donors (Lipinski definition) is 2. The molecule has 1 amide bonds. The van der Waals surface area contributed by atoms with E-state index in [1.807, 2.05) is 24.3 Å². The van der Waals surface area contributed by atoms with Gasteiger partial charge in [-0.15, -0.1) is 0 Å². The van der Waals surface area contributed by atoms with Gasteiger partial charge in [-0.2, -0.15) is 0 Å². The fourth-order valence-electron chi connectivity index (χ4n) is 2.90. The standard InChI is InChI=1S/C19H22N2O4S/c1-13(2)21-26(23,24)15-9-7-14(8-10-15)19(22)20-17-11-12-25-18-6-4-3-5-16(17)18/h3-10,13,17,21H,11-12H2,1-2H3,(H,20,22)/t17-/m1/s1. The number of benzene rings is 2. The zero-order valence-corrected chi connectivity index (χ0v) is 15.5. The summed E-state index contributed by atoms with van der Waals surface area (Å²) in [6.45, 7) is 4.05. The Hall–Kier alpha value is -2.38. The van der Waals surface area contributed by atoms with Crippen LogP contribution in [0.1, 0.15) is 42.2 Å². The minimum absolute atomic E-state index is 0.126. The molecule has 1 aliphatic heterocycles. The van der Waals surface area contributed by atoms with E-state index in [1.54, 1.807) is 13.8 Å². The summed E-state index contributed by atoms with van der Waals surface area (Å²) in [5, 5.41) is 3.00. The largest absolute Gasteiger partial charge is 0.493 e. The van der Waals surface area contributed by atoms with Crippen LogP contribution in [0.4, 0.5) is 0 Å². The highest BCUT2D eigenvalue weighted by molar-refractivity contribution is 7.89. The third-order valence-electron chi connectivity index (χ3n) is 4.08. The van der Waals surface area contributed by atoms with Gasteiger partial charge < -0.3 is 10.1 Å². The van der Waals surface area contributed by atoms with Crippen LogP contribution in [0, 0.1) is 0 Å². The summed E-state index contributed by atoms with van der Waals surface area (Å²) >= 11 is 0. The Balaban J connectivity index is 1.74. The van der Waals surface area contributed by atoms with Gasteiger partial charge in [0.1, 0.15) is 5.75 Å². The number of fused-ring (bicyclic) bond motifs is 1. The molecule has 0 bridgehead atoms. The molecule has 0 aliphatic carbocycles. The molecular formula is C19H22N2O4S. The Morgan fingerprint density at radius 1 is 1.12 bits per heavy atom. The van der Waals surface area contributed by atoms with Crippen molar-refractivity contribution in [2.75, 3.05) is 6.61 Å². The van der Waals surface area contributed by atoms with Crippen molar-refractivity contribution in [2.45, 2.75) is 37.2 Å². The van der Waals surface area contributed by atoms with Crippen molar-refractivity contribution in [3.63, 3.8) is 0 Å². The van der Waals surface area contributed by atoms with Gasteiger partial charge in [0.25, 0.3) is 5.91 Å². The Bertz CT molecular complexity index is 892. The van der Waals surface area contributed by atoms with Crippen LogP contribution in [-0.4, -0.2) is 27.0 Å². The molecule has 26 heavy (non-hydrogen) atoms. The third-order valence-corrected chi connectivity index (χ3v) is 5.76. The van der Waals surface area contributed by atoms with E-state index in [4.69, 9.17) is 4.74 Å². The van der Waals surface area contributed by atoms with Crippen molar-refractivity contribution in [1.29, 1.82) is 0 Å². The second-order valence-electron chi connectivity index (χ2n) is 6.50. The summed E-state index contributed by atoms with van der Waals surface area (Å²) in [6.07, 6.45) is 0.688. The average Bonchev–Trinajstić information content (AvgIpc) is 2.61. The number of hydrogen-bond acceptors (Lipinski definition) is 4. The predicted molar refractivity (Wildman–Crippen MR) is 98.7 cm³/mol. The van der Waals surface area contributed by atoms with Crippen LogP contribution in [0.5, 0.6) is 5.75 Å². The molecule has 0 radical (unpaired) electrons. The Morgan fingerprint density at radius 2 is 1.81 bits per heavy atom. The lowest BCUT2D eigenvalue weighted by Crippen LogP contribution is -2.32. The van der Waals surface area contributed by atoms with E-state index in [0.717, 1.165) is 11.3 Å². The van der Waals surface area contributed by atoms with E-state index >= 15 is 0 Å². The van der Waals surface area contributed by atoms with Crippen LogP contribution in [-0.2, 0) is 10.0 Å². The number of ether oxygens (including phenoxy) is 1. The Morgan fingerprint density at radius 3 is 2.50 bits per heavy atom. The van der Waals surface area contributed by atoms with Gasteiger partial charge >= 0.3 is 0 Å². The van der Waals surface area contributed by atoms with E-state index in [1.165, 1.54) is 24.3 Å². The van der Waals surface area contributed by atoms with Crippen molar-refractivity contribution in [3.8, 4) is 5.75 Å². The van der Waals surface area contributed by atoms with Crippen molar-refractivity contribution in [1.82, 2.24) is 10.0 Å². The summed E-state index contributed by atoms with van der Waals surface area (Å²) in [4.78, 5) is 12.7. The highest BCUT2D eigenvalue weighted by Crippen LogP contribution is 2.31. The van der Waals surface area contributed by atoms with Crippen molar-refractivity contribution < 1.29 is 17.9 Å². The molecule has 6 nitrogen and oxygen atoms in total. The van der Waals surface area contributed by atoms with E-state index in [-0.39, 0.29) is 22.9 Å². The first-order valence-corrected chi connectivity index (χ1v) is 10.00. The van der Waals surface area contributed by atoms with E-state index in [2.05, 4.69) is 10.0 Å². The van der Waals surface area contributed by atoms with E-state index in [0.29, 0.717) is 18.6 Å². The van der Waals surface area contributed by atoms with Gasteiger partial charge in [0, 0.05) is 23.6 Å². The molecule has 1 aliphatic rings. The lowest BCUT2D eigenvalue weighted by molar-refractivity contribution is 0.0924. The smallest absolute Gasteiger partial charge is 0.251 e. The predicted octanol–water partition coefficient (Wildman–Crippen LogP) is 2.63. The average molecular weight is 374 g/mol. The number of carbonyl (C=O) groups excluding carboxylic acids is 1. The molecule has 0 fully saturated rings. The first kappa shape index (κ1) is 18.4. The van der Waals surface area contributed by atoms with Gasteiger partial charge in [0.05, 0.1) is 17.5 Å². The minimum Gasteiger partial charge on any atom is -0.493 e. The van der Waals surface area contributed by atoms with Gasteiger partial charge in [-0.05, 0) is 44.2 Å². The molecule has 1 atom stereocenters. The number of para-hydroxylation sites is 1. The molecular weight excluding hydrogens is 352 g/mol. The van der Waals surface area contributed by atoms with Crippen LogP contribution >= 0.6 is 0 Å². The maximum atomic E-state index is 12.5.